The second-order valence-corrected chi connectivity index (χ2v) is 6.03. The molecule has 0 saturated heterocycles. The highest BCUT2D eigenvalue weighted by Crippen LogP contribution is 2.32. The molecule has 1 unspecified atom stereocenters. The number of nitrogens with two attached hydrogens (primary N) is 1. The third kappa shape index (κ3) is 4.63. The summed E-state index contributed by atoms with van der Waals surface area (Å²) in [6.45, 7) is 8.02. The highest BCUT2D eigenvalue weighted by atomic mass is 16.5. The average molecular weight is 308 g/mol. The molecule has 0 aromatic heterocycles. The summed E-state index contributed by atoms with van der Waals surface area (Å²) < 4.78 is 10.6. The van der Waals surface area contributed by atoms with Crippen molar-refractivity contribution >= 4 is 5.91 Å². The van der Waals surface area contributed by atoms with Crippen LogP contribution in [0.5, 0.6) is 11.5 Å². The number of ether oxygens (including phenoxy) is 2. The number of hydrogen-bond acceptors (Lipinski definition) is 4. The Bertz CT molecular complexity index is 515. The fourth-order valence-corrected chi connectivity index (χ4v) is 2.48. The lowest BCUT2D eigenvalue weighted by atomic mass is 10.00. The van der Waals surface area contributed by atoms with Gasteiger partial charge in [0.05, 0.1) is 26.3 Å². The molecule has 124 valence electrons. The highest BCUT2D eigenvalue weighted by molar-refractivity contribution is 5.81. The lowest BCUT2D eigenvalue weighted by Crippen LogP contribution is -2.42. The zero-order chi connectivity index (χ0) is 16.9. The molecule has 0 radical (unpaired) electrons. The smallest absolute Gasteiger partial charge is 0.237 e. The molecule has 0 saturated carbocycles. The predicted molar refractivity (Wildman–Crippen MR) is 88.3 cm³/mol. The van der Waals surface area contributed by atoms with Gasteiger partial charge in [-0.3, -0.25) is 4.79 Å². The number of benzene rings is 1. The summed E-state index contributed by atoms with van der Waals surface area (Å²) in [4.78, 5) is 12.2. The monoisotopic (exact) mass is 308 g/mol. The van der Waals surface area contributed by atoms with Crippen LogP contribution < -0.4 is 20.5 Å². The number of aryl methyl sites for hydroxylation is 1. The van der Waals surface area contributed by atoms with Crippen molar-refractivity contribution in [3.05, 3.63) is 23.3 Å². The van der Waals surface area contributed by atoms with Crippen LogP contribution in [0.2, 0.25) is 0 Å². The highest BCUT2D eigenvalue weighted by Gasteiger charge is 2.20. The summed E-state index contributed by atoms with van der Waals surface area (Å²) in [5.74, 6) is 1.59. The van der Waals surface area contributed by atoms with Gasteiger partial charge in [0.25, 0.3) is 0 Å². The van der Waals surface area contributed by atoms with E-state index in [9.17, 15) is 4.79 Å². The van der Waals surface area contributed by atoms with E-state index >= 15 is 0 Å². The molecule has 0 spiro atoms. The molecule has 5 nitrogen and oxygen atoms in total. The number of nitrogens with one attached hydrogen (secondary N) is 1. The van der Waals surface area contributed by atoms with E-state index in [0.29, 0.717) is 23.8 Å². The van der Waals surface area contributed by atoms with Gasteiger partial charge in [-0.2, -0.15) is 0 Å². The Kier molecular flexibility index (Phi) is 6.68. The Balaban J connectivity index is 2.89. The molecular formula is C17H28N2O3. The molecule has 3 N–H and O–H groups in total. The maximum absolute atomic E-state index is 12.2. The molecule has 0 heterocycles. The van der Waals surface area contributed by atoms with Crippen molar-refractivity contribution in [3.8, 4) is 11.5 Å². The second-order valence-electron chi connectivity index (χ2n) is 6.03. The lowest BCUT2D eigenvalue weighted by Gasteiger charge is -2.21. The van der Waals surface area contributed by atoms with Crippen LogP contribution in [0.4, 0.5) is 0 Å². The fourth-order valence-electron chi connectivity index (χ4n) is 2.48. The Labute approximate surface area is 133 Å². The third-order valence-corrected chi connectivity index (χ3v) is 3.66. The van der Waals surface area contributed by atoms with Crippen molar-refractivity contribution in [2.75, 3.05) is 14.2 Å². The molecule has 2 atom stereocenters. The maximum atomic E-state index is 12.2. The molecule has 0 aliphatic heterocycles. The van der Waals surface area contributed by atoms with Gasteiger partial charge in [0.15, 0.2) is 11.5 Å². The van der Waals surface area contributed by atoms with Crippen LogP contribution in [0.15, 0.2) is 12.1 Å². The number of methoxy groups -OCH3 is 2. The van der Waals surface area contributed by atoms with Crippen LogP contribution in [-0.4, -0.2) is 26.2 Å². The molecule has 0 bridgehead atoms. The van der Waals surface area contributed by atoms with E-state index in [2.05, 4.69) is 19.2 Å². The summed E-state index contributed by atoms with van der Waals surface area (Å²) in [5, 5.41) is 2.97. The molecule has 5 heteroatoms. The van der Waals surface area contributed by atoms with Crippen molar-refractivity contribution < 1.29 is 14.3 Å². The minimum Gasteiger partial charge on any atom is -0.493 e. The van der Waals surface area contributed by atoms with Gasteiger partial charge in [0, 0.05) is 0 Å². The second kappa shape index (κ2) is 8.03. The van der Waals surface area contributed by atoms with E-state index in [1.54, 1.807) is 14.2 Å². The van der Waals surface area contributed by atoms with Gasteiger partial charge in [0.1, 0.15) is 0 Å². The standard InChI is InChI=1S/C17H28N2O3/c1-10(2)7-14(18)17(20)19-12(4)13-9-16(22-6)15(21-5)8-11(13)3/h8-10,12,14H,7,18H2,1-6H3,(H,19,20)/t12?,14-/m0/s1. The SMILES string of the molecule is COc1cc(C)c(C(C)NC(=O)[C@@H](N)CC(C)C)cc1OC. The molecule has 1 aromatic carbocycles. The summed E-state index contributed by atoms with van der Waals surface area (Å²) in [6.07, 6.45) is 0.670. The van der Waals surface area contributed by atoms with Crippen molar-refractivity contribution in [2.45, 2.75) is 46.2 Å². The van der Waals surface area contributed by atoms with Gasteiger partial charge < -0.3 is 20.5 Å². The van der Waals surface area contributed by atoms with Crippen molar-refractivity contribution in [3.63, 3.8) is 0 Å². The van der Waals surface area contributed by atoms with Crippen molar-refractivity contribution in [2.24, 2.45) is 11.7 Å². The minimum atomic E-state index is -0.483. The molecule has 1 aromatic rings. The van der Waals surface area contributed by atoms with E-state index < -0.39 is 6.04 Å². The molecule has 22 heavy (non-hydrogen) atoms. The van der Waals surface area contributed by atoms with E-state index in [0.717, 1.165) is 11.1 Å². The first-order chi connectivity index (χ1) is 10.3. The first-order valence-corrected chi connectivity index (χ1v) is 7.58. The van der Waals surface area contributed by atoms with Gasteiger partial charge >= 0.3 is 0 Å². The summed E-state index contributed by atoms with van der Waals surface area (Å²) in [7, 11) is 3.20. The molecule has 0 fully saturated rings. The fraction of sp³-hybridized carbons (Fsp3) is 0.588. The zero-order valence-electron chi connectivity index (χ0n) is 14.4. The minimum absolute atomic E-state index is 0.129. The normalized spacial score (nSPS) is 13.6. The molecule has 0 aliphatic carbocycles. The van der Waals surface area contributed by atoms with Crippen LogP contribution in [0.3, 0.4) is 0 Å². The van der Waals surface area contributed by atoms with Gasteiger partial charge in [-0.15, -0.1) is 0 Å². The third-order valence-electron chi connectivity index (χ3n) is 3.66. The maximum Gasteiger partial charge on any atom is 0.237 e. The molecular weight excluding hydrogens is 280 g/mol. The summed E-state index contributed by atoms with van der Waals surface area (Å²) in [6, 6.07) is 3.17. The number of carbonyl (C=O) groups excluding carboxylic acids is 1. The van der Waals surface area contributed by atoms with Crippen molar-refractivity contribution in [1.82, 2.24) is 5.32 Å². The first kappa shape index (κ1) is 18.3. The molecule has 1 amide bonds. The number of rotatable bonds is 7. The molecule has 0 aliphatic rings. The Morgan fingerprint density at radius 2 is 1.73 bits per heavy atom. The predicted octanol–water partition coefficient (Wildman–Crippen LogP) is 2.56. The van der Waals surface area contributed by atoms with Crippen LogP contribution >= 0.6 is 0 Å². The zero-order valence-corrected chi connectivity index (χ0v) is 14.4. The van der Waals surface area contributed by atoms with Gasteiger partial charge in [0.2, 0.25) is 5.91 Å². The van der Waals surface area contributed by atoms with Crippen LogP contribution in [0, 0.1) is 12.8 Å². The van der Waals surface area contributed by atoms with Crippen LogP contribution in [-0.2, 0) is 4.79 Å². The van der Waals surface area contributed by atoms with Gasteiger partial charge in [-0.25, -0.2) is 0 Å². The van der Waals surface area contributed by atoms with E-state index in [4.69, 9.17) is 15.2 Å². The van der Waals surface area contributed by atoms with Gasteiger partial charge in [-0.1, -0.05) is 13.8 Å². The van der Waals surface area contributed by atoms with Crippen LogP contribution in [0.1, 0.15) is 44.4 Å². The Morgan fingerprint density at radius 3 is 2.23 bits per heavy atom. The number of carbonyl (C=O) groups is 1. The van der Waals surface area contributed by atoms with Crippen LogP contribution in [0.25, 0.3) is 0 Å². The number of amides is 1. The van der Waals surface area contributed by atoms with Gasteiger partial charge in [-0.05, 0) is 49.4 Å². The summed E-state index contributed by atoms with van der Waals surface area (Å²) >= 11 is 0. The Hall–Kier alpha value is -1.75. The van der Waals surface area contributed by atoms with E-state index in [-0.39, 0.29) is 11.9 Å². The van der Waals surface area contributed by atoms with E-state index in [1.165, 1.54) is 0 Å². The average Bonchev–Trinajstić information content (AvgIpc) is 2.45. The molecule has 1 rings (SSSR count). The summed E-state index contributed by atoms with van der Waals surface area (Å²) in [5.41, 5.74) is 7.95. The lowest BCUT2D eigenvalue weighted by molar-refractivity contribution is -0.123. The number of hydrogen-bond donors (Lipinski definition) is 2. The largest absolute Gasteiger partial charge is 0.493 e. The topological polar surface area (TPSA) is 73.6 Å². The quantitative estimate of drug-likeness (QED) is 0.812. The van der Waals surface area contributed by atoms with E-state index in [1.807, 2.05) is 26.0 Å². The van der Waals surface area contributed by atoms with Crippen molar-refractivity contribution in [1.29, 1.82) is 0 Å². The Morgan fingerprint density at radius 1 is 1.18 bits per heavy atom. The first-order valence-electron chi connectivity index (χ1n) is 7.58.